The molecule has 0 aromatic heterocycles. The van der Waals surface area contributed by atoms with E-state index in [1.807, 2.05) is 13.8 Å². The monoisotopic (exact) mass is 183 g/mol. The van der Waals surface area contributed by atoms with Crippen molar-refractivity contribution in [2.45, 2.75) is 51.3 Å². The third-order valence-electron chi connectivity index (χ3n) is 2.74. The lowest BCUT2D eigenvalue weighted by molar-refractivity contribution is -0.147. The summed E-state index contributed by atoms with van der Waals surface area (Å²) in [6.45, 7) is 3.77. The second-order valence-corrected chi connectivity index (χ2v) is 4.44. The Morgan fingerprint density at radius 3 is 2.85 bits per heavy atom. The Morgan fingerprint density at radius 1 is 1.54 bits per heavy atom. The molecule has 0 amide bonds. The predicted octanol–water partition coefficient (Wildman–Crippen LogP) is 1.08. The first-order chi connectivity index (χ1) is 6.15. The lowest BCUT2D eigenvalue weighted by Crippen LogP contribution is -2.29. The molecule has 0 radical (unpaired) electrons. The highest BCUT2D eigenvalue weighted by atomic mass is 16.5. The van der Waals surface area contributed by atoms with E-state index in [2.05, 4.69) is 5.32 Å². The van der Waals surface area contributed by atoms with Crippen molar-refractivity contribution in [2.24, 2.45) is 5.92 Å². The summed E-state index contributed by atoms with van der Waals surface area (Å²) < 4.78 is 5.08. The molecule has 0 bridgehead atoms. The minimum absolute atomic E-state index is 0.0171. The van der Waals surface area contributed by atoms with Crippen LogP contribution in [0.5, 0.6) is 0 Å². The van der Waals surface area contributed by atoms with Crippen LogP contribution < -0.4 is 5.32 Å². The summed E-state index contributed by atoms with van der Waals surface area (Å²) in [6, 6.07) is 1.10. The van der Waals surface area contributed by atoms with Crippen LogP contribution in [0.3, 0.4) is 0 Å². The van der Waals surface area contributed by atoms with Gasteiger partial charge in [0.05, 0.1) is 12.5 Å². The summed E-state index contributed by atoms with van der Waals surface area (Å²) >= 11 is 0. The van der Waals surface area contributed by atoms with Crippen molar-refractivity contribution >= 4 is 5.97 Å². The number of nitrogens with one attached hydrogen (secondary N) is 1. The third kappa shape index (κ3) is 2.21. The first-order valence-electron chi connectivity index (χ1n) is 5.10. The van der Waals surface area contributed by atoms with Gasteiger partial charge in [0, 0.05) is 12.1 Å². The molecule has 2 rings (SSSR count). The molecule has 0 aromatic carbocycles. The van der Waals surface area contributed by atoms with E-state index in [1.54, 1.807) is 0 Å². The van der Waals surface area contributed by atoms with Gasteiger partial charge in [-0.25, -0.2) is 0 Å². The van der Waals surface area contributed by atoms with Crippen LogP contribution in [0.4, 0.5) is 0 Å². The second-order valence-electron chi connectivity index (χ2n) is 4.44. The SMILES string of the molecule is CC(C)OC(=O)C[C@@H]1C[C@H]2C[C@H]2N1. The number of ether oxygens (including phenoxy) is 1. The lowest BCUT2D eigenvalue weighted by Gasteiger charge is -2.13. The molecule has 74 valence electrons. The van der Waals surface area contributed by atoms with E-state index in [1.165, 1.54) is 6.42 Å². The van der Waals surface area contributed by atoms with Gasteiger partial charge in [0.1, 0.15) is 0 Å². The van der Waals surface area contributed by atoms with Crippen molar-refractivity contribution in [3.63, 3.8) is 0 Å². The number of hydrogen-bond donors (Lipinski definition) is 1. The molecular weight excluding hydrogens is 166 g/mol. The molecule has 2 aliphatic rings. The van der Waals surface area contributed by atoms with Crippen LogP contribution in [-0.4, -0.2) is 24.2 Å². The zero-order valence-corrected chi connectivity index (χ0v) is 8.25. The predicted molar refractivity (Wildman–Crippen MR) is 49.3 cm³/mol. The van der Waals surface area contributed by atoms with Gasteiger partial charge in [-0.3, -0.25) is 4.79 Å². The summed E-state index contributed by atoms with van der Waals surface area (Å²) in [5, 5.41) is 3.43. The maximum Gasteiger partial charge on any atom is 0.307 e. The molecule has 2 fully saturated rings. The van der Waals surface area contributed by atoms with Crippen molar-refractivity contribution in [1.82, 2.24) is 5.32 Å². The molecule has 13 heavy (non-hydrogen) atoms. The van der Waals surface area contributed by atoms with Crippen molar-refractivity contribution in [3.05, 3.63) is 0 Å². The Kier molecular flexibility index (Phi) is 2.28. The van der Waals surface area contributed by atoms with Crippen molar-refractivity contribution in [3.8, 4) is 0 Å². The first-order valence-corrected chi connectivity index (χ1v) is 5.10. The molecule has 0 aromatic rings. The van der Waals surface area contributed by atoms with Crippen LogP contribution in [0.25, 0.3) is 0 Å². The Bertz CT molecular complexity index is 205. The van der Waals surface area contributed by atoms with E-state index in [0.29, 0.717) is 12.5 Å². The highest BCUT2D eigenvalue weighted by Crippen LogP contribution is 2.41. The number of fused-ring (bicyclic) bond motifs is 1. The van der Waals surface area contributed by atoms with Crippen LogP contribution >= 0.6 is 0 Å². The number of rotatable bonds is 3. The van der Waals surface area contributed by atoms with Crippen molar-refractivity contribution in [2.75, 3.05) is 0 Å². The molecule has 1 saturated heterocycles. The summed E-state index contributed by atoms with van der Waals surface area (Å²) in [5.41, 5.74) is 0. The van der Waals surface area contributed by atoms with Gasteiger partial charge in [-0.05, 0) is 32.6 Å². The summed E-state index contributed by atoms with van der Waals surface area (Å²) in [6.07, 6.45) is 3.04. The zero-order chi connectivity index (χ0) is 9.42. The fraction of sp³-hybridized carbons (Fsp3) is 0.900. The average Bonchev–Trinajstić information content (AvgIpc) is 2.57. The third-order valence-corrected chi connectivity index (χ3v) is 2.74. The molecule has 1 saturated carbocycles. The quantitative estimate of drug-likeness (QED) is 0.665. The van der Waals surface area contributed by atoms with E-state index >= 15 is 0 Å². The van der Waals surface area contributed by atoms with Gasteiger partial charge in [-0.1, -0.05) is 0 Å². The Morgan fingerprint density at radius 2 is 2.31 bits per heavy atom. The Hall–Kier alpha value is -0.570. The fourth-order valence-corrected chi connectivity index (χ4v) is 2.10. The molecule has 3 atom stereocenters. The summed E-state index contributed by atoms with van der Waals surface area (Å²) in [4.78, 5) is 11.3. The largest absolute Gasteiger partial charge is 0.463 e. The first kappa shape index (κ1) is 9.00. The summed E-state index contributed by atoms with van der Waals surface area (Å²) in [5.74, 6) is 0.797. The van der Waals surface area contributed by atoms with Gasteiger partial charge in [0.25, 0.3) is 0 Å². The molecule has 3 heteroatoms. The molecule has 1 aliphatic carbocycles. The topological polar surface area (TPSA) is 38.3 Å². The minimum atomic E-state index is -0.0613. The van der Waals surface area contributed by atoms with Crippen LogP contribution in [-0.2, 0) is 9.53 Å². The van der Waals surface area contributed by atoms with Gasteiger partial charge < -0.3 is 10.1 Å². The van der Waals surface area contributed by atoms with E-state index in [9.17, 15) is 4.79 Å². The van der Waals surface area contributed by atoms with Crippen LogP contribution in [0.1, 0.15) is 33.1 Å². The summed E-state index contributed by atoms with van der Waals surface area (Å²) in [7, 11) is 0. The number of carbonyl (C=O) groups is 1. The number of esters is 1. The molecule has 1 N–H and O–H groups in total. The standard InChI is InChI=1S/C10H17NO2/c1-6(2)13-10(12)5-8-3-7-4-9(7)11-8/h6-9,11H,3-5H2,1-2H3/t7-,8-,9+/m0/s1. The molecule has 1 aliphatic heterocycles. The molecule has 3 nitrogen and oxygen atoms in total. The highest BCUT2D eigenvalue weighted by Gasteiger charge is 2.45. The fourth-order valence-electron chi connectivity index (χ4n) is 2.10. The average molecular weight is 183 g/mol. The maximum atomic E-state index is 11.3. The van der Waals surface area contributed by atoms with Gasteiger partial charge in [0.2, 0.25) is 0 Å². The minimum Gasteiger partial charge on any atom is -0.463 e. The van der Waals surface area contributed by atoms with Crippen LogP contribution in [0.2, 0.25) is 0 Å². The Balaban J connectivity index is 1.69. The maximum absolute atomic E-state index is 11.3. The van der Waals surface area contributed by atoms with Gasteiger partial charge in [-0.2, -0.15) is 0 Å². The number of carbonyl (C=O) groups excluding carboxylic acids is 1. The lowest BCUT2D eigenvalue weighted by atomic mass is 10.1. The van der Waals surface area contributed by atoms with Gasteiger partial charge in [-0.15, -0.1) is 0 Å². The van der Waals surface area contributed by atoms with E-state index in [-0.39, 0.29) is 12.1 Å². The van der Waals surface area contributed by atoms with E-state index < -0.39 is 0 Å². The smallest absolute Gasteiger partial charge is 0.307 e. The van der Waals surface area contributed by atoms with Crippen LogP contribution in [0, 0.1) is 5.92 Å². The van der Waals surface area contributed by atoms with Crippen molar-refractivity contribution in [1.29, 1.82) is 0 Å². The van der Waals surface area contributed by atoms with Gasteiger partial charge in [0.15, 0.2) is 0 Å². The molecular formula is C10H17NO2. The zero-order valence-electron chi connectivity index (χ0n) is 8.25. The van der Waals surface area contributed by atoms with Crippen LogP contribution in [0.15, 0.2) is 0 Å². The van der Waals surface area contributed by atoms with E-state index in [4.69, 9.17) is 4.74 Å². The second kappa shape index (κ2) is 3.29. The van der Waals surface area contributed by atoms with Gasteiger partial charge >= 0.3 is 5.97 Å². The molecule has 0 spiro atoms. The highest BCUT2D eigenvalue weighted by molar-refractivity contribution is 5.70. The molecule has 1 heterocycles. The Labute approximate surface area is 78.8 Å². The van der Waals surface area contributed by atoms with E-state index in [0.717, 1.165) is 18.4 Å². The number of piperidine rings is 1. The van der Waals surface area contributed by atoms with Crippen molar-refractivity contribution < 1.29 is 9.53 Å². The molecule has 0 unspecified atom stereocenters. The normalized spacial score (nSPS) is 36.1. The number of hydrogen-bond acceptors (Lipinski definition) is 3.